The fourth-order valence-corrected chi connectivity index (χ4v) is 3.76. The van der Waals surface area contributed by atoms with Crippen LogP contribution < -0.4 is 9.47 Å². The van der Waals surface area contributed by atoms with Gasteiger partial charge < -0.3 is 14.4 Å². The van der Waals surface area contributed by atoms with Gasteiger partial charge in [-0.1, -0.05) is 6.07 Å². The molecule has 1 amide bonds. The van der Waals surface area contributed by atoms with Gasteiger partial charge in [0.05, 0.1) is 0 Å². The molecule has 1 fully saturated rings. The highest BCUT2D eigenvalue weighted by molar-refractivity contribution is 7.11. The first kappa shape index (κ1) is 15.4. The first-order valence-electron chi connectivity index (χ1n) is 8.01. The minimum absolute atomic E-state index is 0.0517. The molecule has 1 aromatic heterocycles. The number of carbonyl (C=O) groups excluding carboxylic acids is 1. The van der Waals surface area contributed by atoms with Crippen molar-refractivity contribution < 1.29 is 14.3 Å². The van der Waals surface area contributed by atoms with E-state index < -0.39 is 0 Å². The van der Waals surface area contributed by atoms with E-state index in [-0.39, 0.29) is 5.91 Å². The molecule has 7 heteroatoms. The molecule has 2 aliphatic heterocycles. The molecule has 24 heavy (non-hydrogen) atoms. The van der Waals surface area contributed by atoms with Gasteiger partial charge in [0.2, 0.25) is 6.79 Å². The van der Waals surface area contributed by atoms with E-state index in [1.54, 1.807) is 0 Å². The number of fused-ring (bicyclic) bond motifs is 1. The predicted octanol–water partition coefficient (Wildman–Crippen LogP) is 2.14. The van der Waals surface area contributed by atoms with Gasteiger partial charge in [-0.25, -0.2) is 4.98 Å². The van der Waals surface area contributed by atoms with Crippen molar-refractivity contribution in [3.63, 3.8) is 0 Å². The van der Waals surface area contributed by atoms with Crippen LogP contribution in [0, 0.1) is 6.92 Å². The summed E-state index contributed by atoms with van der Waals surface area (Å²) in [5.41, 5.74) is 2.11. The summed E-state index contributed by atoms with van der Waals surface area (Å²) in [4.78, 5) is 21.0. The molecule has 0 spiro atoms. The van der Waals surface area contributed by atoms with Crippen LogP contribution in [0.2, 0.25) is 0 Å². The molecule has 1 saturated heterocycles. The third kappa shape index (κ3) is 3.09. The smallest absolute Gasteiger partial charge is 0.282 e. The standard InChI is InChI=1S/C17H19N3O3S/c1-12-10-24-16(18-12)17(21)20-6-4-19(5-7-20)9-13-2-3-14-15(8-13)23-11-22-14/h2-3,8,10H,4-7,9,11H2,1H3. The van der Waals surface area contributed by atoms with Crippen LogP contribution in [0.3, 0.4) is 0 Å². The molecule has 0 bridgehead atoms. The quantitative estimate of drug-likeness (QED) is 0.853. The molecular weight excluding hydrogens is 326 g/mol. The molecule has 2 aromatic rings. The van der Waals surface area contributed by atoms with E-state index in [0.29, 0.717) is 11.8 Å². The van der Waals surface area contributed by atoms with Crippen molar-refractivity contribution in [2.24, 2.45) is 0 Å². The van der Waals surface area contributed by atoms with Gasteiger partial charge in [-0.2, -0.15) is 0 Å². The van der Waals surface area contributed by atoms with Gasteiger partial charge in [0.25, 0.3) is 5.91 Å². The van der Waals surface area contributed by atoms with E-state index >= 15 is 0 Å². The summed E-state index contributed by atoms with van der Waals surface area (Å²) in [6.07, 6.45) is 0. The Labute approximate surface area is 144 Å². The monoisotopic (exact) mass is 345 g/mol. The Morgan fingerprint density at radius 3 is 2.75 bits per heavy atom. The fraction of sp³-hybridized carbons (Fsp3) is 0.412. The number of thiazole rings is 1. The van der Waals surface area contributed by atoms with Gasteiger partial charge in [-0.05, 0) is 24.6 Å². The molecule has 2 aliphatic rings. The van der Waals surface area contributed by atoms with Crippen LogP contribution in [0.15, 0.2) is 23.6 Å². The second-order valence-corrected chi connectivity index (χ2v) is 6.91. The normalized spacial score (nSPS) is 17.3. The molecule has 0 unspecified atom stereocenters. The lowest BCUT2D eigenvalue weighted by molar-refractivity contribution is 0.0628. The zero-order valence-corrected chi connectivity index (χ0v) is 14.3. The van der Waals surface area contributed by atoms with Crippen molar-refractivity contribution >= 4 is 17.2 Å². The van der Waals surface area contributed by atoms with Crippen LogP contribution in [-0.4, -0.2) is 53.7 Å². The third-order valence-electron chi connectivity index (χ3n) is 4.30. The number of aromatic nitrogens is 1. The topological polar surface area (TPSA) is 54.9 Å². The summed E-state index contributed by atoms with van der Waals surface area (Å²) < 4.78 is 10.8. The molecule has 3 heterocycles. The number of rotatable bonds is 3. The van der Waals surface area contributed by atoms with Gasteiger partial charge in [0.1, 0.15) is 0 Å². The zero-order valence-electron chi connectivity index (χ0n) is 13.5. The summed E-state index contributed by atoms with van der Waals surface area (Å²) in [5.74, 6) is 1.68. The van der Waals surface area contributed by atoms with Crippen molar-refractivity contribution in [3.8, 4) is 11.5 Å². The second kappa shape index (κ2) is 6.41. The Balaban J connectivity index is 1.34. The van der Waals surface area contributed by atoms with Gasteiger partial charge in [0.15, 0.2) is 16.5 Å². The van der Waals surface area contributed by atoms with E-state index in [2.05, 4.69) is 16.0 Å². The predicted molar refractivity (Wildman–Crippen MR) is 90.6 cm³/mol. The molecule has 1 aromatic carbocycles. The molecule has 0 N–H and O–H groups in total. The Morgan fingerprint density at radius 1 is 1.21 bits per heavy atom. The van der Waals surface area contributed by atoms with E-state index in [4.69, 9.17) is 9.47 Å². The Morgan fingerprint density at radius 2 is 2.00 bits per heavy atom. The molecular formula is C17H19N3O3S. The van der Waals surface area contributed by atoms with Crippen LogP contribution >= 0.6 is 11.3 Å². The number of carbonyl (C=O) groups is 1. The average molecular weight is 345 g/mol. The van der Waals surface area contributed by atoms with Crippen molar-refractivity contribution in [1.82, 2.24) is 14.8 Å². The summed E-state index contributed by atoms with van der Waals surface area (Å²) >= 11 is 1.42. The Kier molecular flexibility index (Phi) is 4.12. The van der Waals surface area contributed by atoms with Crippen LogP contribution in [0.25, 0.3) is 0 Å². The van der Waals surface area contributed by atoms with Gasteiger partial charge in [0, 0.05) is 43.8 Å². The largest absolute Gasteiger partial charge is 0.454 e. The molecule has 0 radical (unpaired) electrons. The molecule has 0 aliphatic carbocycles. The highest BCUT2D eigenvalue weighted by Gasteiger charge is 2.24. The van der Waals surface area contributed by atoms with E-state index in [9.17, 15) is 4.79 Å². The van der Waals surface area contributed by atoms with Crippen molar-refractivity contribution in [3.05, 3.63) is 39.8 Å². The molecule has 6 nitrogen and oxygen atoms in total. The second-order valence-electron chi connectivity index (χ2n) is 6.05. The number of amides is 1. The maximum Gasteiger partial charge on any atom is 0.282 e. The fourth-order valence-electron chi connectivity index (χ4n) is 2.99. The zero-order chi connectivity index (χ0) is 16.5. The third-order valence-corrected chi connectivity index (χ3v) is 5.25. The number of ether oxygens (including phenoxy) is 2. The first-order valence-corrected chi connectivity index (χ1v) is 8.89. The van der Waals surface area contributed by atoms with Crippen LogP contribution in [0.5, 0.6) is 11.5 Å². The summed E-state index contributed by atoms with van der Waals surface area (Å²) in [5, 5.41) is 2.51. The minimum atomic E-state index is 0.0517. The number of aryl methyl sites for hydroxylation is 1. The SMILES string of the molecule is Cc1csc(C(=O)N2CCN(Cc3ccc4c(c3)OCO4)CC2)n1. The summed E-state index contributed by atoms with van der Waals surface area (Å²) in [6, 6.07) is 6.07. The van der Waals surface area contributed by atoms with Crippen molar-refractivity contribution in [1.29, 1.82) is 0 Å². The summed E-state index contributed by atoms with van der Waals surface area (Å²) in [6.45, 7) is 6.28. The van der Waals surface area contributed by atoms with E-state index in [0.717, 1.165) is 49.9 Å². The van der Waals surface area contributed by atoms with Crippen LogP contribution in [0.1, 0.15) is 21.1 Å². The number of nitrogens with zero attached hydrogens (tertiary/aromatic N) is 3. The Bertz CT molecular complexity index is 753. The van der Waals surface area contributed by atoms with E-state index in [1.165, 1.54) is 16.9 Å². The average Bonchev–Trinajstić information content (AvgIpc) is 3.23. The van der Waals surface area contributed by atoms with Crippen LogP contribution in [0.4, 0.5) is 0 Å². The molecule has 126 valence electrons. The lowest BCUT2D eigenvalue weighted by atomic mass is 10.1. The van der Waals surface area contributed by atoms with E-state index in [1.807, 2.05) is 29.3 Å². The highest BCUT2D eigenvalue weighted by atomic mass is 32.1. The molecule has 0 saturated carbocycles. The van der Waals surface area contributed by atoms with Crippen molar-refractivity contribution in [2.45, 2.75) is 13.5 Å². The lowest BCUT2D eigenvalue weighted by Gasteiger charge is -2.34. The number of piperazine rings is 1. The highest BCUT2D eigenvalue weighted by Crippen LogP contribution is 2.32. The molecule has 0 atom stereocenters. The Hall–Kier alpha value is -2.12. The van der Waals surface area contributed by atoms with Gasteiger partial charge >= 0.3 is 0 Å². The minimum Gasteiger partial charge on any atom is -0.454 e. The van der Waals surface area contributed by atoms with Gasteiger partial charge in [-0.15, -0.1) is 11.3 Å². The first-order chi connectivity index (χ1) is 11.7. The van der Waals surface area contributed by atoms with Crippen molar-refractivity contribution in [2.75, 3.05) is 33.0 Å². The maximum atomic E-state index is 12.4. The number of hydrogen-bond donors (Lipinski definition) is 0. The lowest BCUT2D eigenvalue weighted by Crippen LogP contribution is -2.48. The number of benzene rings is 1. The maximum absolute atomic E-state index is 12.4. The van der Waals surface area contributed by atoms with Gasteiger partial charge in [-0.3, -0.25) is 9.69 Å². The van der Waals surface area contributed by atoms with Crippen LogP contribution in [-0.2, 0) is 6.54 Å². The molecule has 4 rings (SSSR count). The summed E-state index contributed by atoms with van der Waals surface area (Å²) in [7, 11) is 0. The number of hydrogen-bond acceptors (Lipinski definition) is 6.